The summed E-state index contributed by atoms with van der Waals surface area (Å²) >= 11 is 5.59. The largest absolute Gasteiger partial charge is 0.495 e. The lowest BCUT2D eigenvalue weighted by Gasteiger charge is -2.05. The van der Waals surface area contributed by atoms with Crippen molar-refractivity contribution in [1.82, 2.24) is 0 Å². The fourth-order valence-electron chi connectivity index (χ4n) is 0.854. The molecule has 78 valence electrons. The van der Waals surface area contributed by atoms with Gasteiger partial charge in [0.2, 0.25) is 0 Å². The monoisotopic (exact) mass is 258 g/mol. The van der Waals surface area contributed by atoms with Crippen LogP contribution in [0.3, 0.4) is 0 Å². The fraction of sp³-hybridized carbons (Fsp3) is 0.143. The highest BCUT2D eigenvalue weighted by Crippen LogP contribution is 2.30. The van der Waals surface area contributed by atoms with Gasteiger partial charge in [-0.05, 0) is 6.07 Å². The molecule has 0 aliphatic heterocycles. The van der Waals surface area contributed by atoms with Gasteiger partial charge in [0.15, 0.2) is 0 Å². The van der Waals surface area contributed by atoms with Gasteiger partial charge in [0, 0.05) is 16.7 Å². The molecule has 0 atom stereocenters. The molecule has 0 unspecified atom stereocenters. The third-order valence-corrected chi connectivity index (χ3v) is 3.10. The van der Waals surface area contributed by atoms with E-state index in [0.29, 0.717) is 0 Å². The Hall–Kier alpha value is -0.520. The molecule has 14 heavy (non-hydrogen) atoms. The Bertz CT molecular complexity index is 458. The second-order valence-corrected chi connectivity index (χ2v) is 5.30. The smallest absolute Gasteiger partial charge is 0.264 e. The number of ether oxygens (including phenoxy) is 1. The molecule has 1 aromatic carbocycles. The van der Waals surface area contributed by atoms with E-state index in [1.54, 1.807) is 0 Å². The molecule has 1 rings (SSSR count). The van der Waals surface area contributed by atoms with Crippen LogP contribution < -0.4 is 4.74 Å². The molecule has 0 heterocycles. The molecule has 3 nitrogen and oxygen atoms in total. The van der Waals surface area contributed by atoms with Gasteiger partial charge in [-0.3, -0.25) is 0 Å². The van der Waals surface area contributed by atoms with Crippen LogP contribution in [0, 0.1) is 5.82 Å². The molecule has 0 saturated heterocycles. The highest BCUT2D eigenvalue weighted by atomic mass is 35.7. The number of methoxy groups -OCH3 is 1. The molecular formula is C7H5Cl2FO3S. The van der Waals surface area contributed by atoms with Crippen molar-refractivity contribution >= 4 is 31.3 Å². The van der Waals surface area contributed by atoms with Gasteiger partial charge in [0.05, 0.1) is 12.1 Å². The normalized spacial score (nSPS) is 11.4. The second kappa shape index (κ2) is 3.92. The van der Waals surface area contributed by atoms with Gasteiger partial charge in [-0.25, -0.2) is 12.8 Å². The maximum Gasteiger partial charge on any atom is 0.264 e. The van der Waals surface area contributed by atoms with E-state index in [-0.39, 0.29) is 10.8 Å². The number of hydrogen-bond donors (Lipinski definition) is 0. The lowest BCUT2D eigenvalue weighted by atomic mass is 10.3. The summed E-state index contributed by atoms with van der Waals surface area (Å²) in [7, 11) is 2.13. The Morgan fingerprint density at radius 2 is 2.00 bits per heavy atom. The van der Waals surface area contributed by atoms with Crippen molar-refractivity contribution in [2.24, 2.45) is 0 Å². The minimum Gasteiger partial charge on any atom is -0.495 e. The third kappa shape index (κ3) is 2.29. The first-order chi connectivity index (χ1) is 6.36. The fourth-order valence-corrected chi connectivity index (χ4v) is 2.06. The summed E-state index contributed by atoms with van der Waals surface area (Å²) in [5.74, 6) is -0.950. The van der Waals surface area contributed by atoms with E-state index in [4.69, 9.17) is 22.3 Å². The standard InChI is InChI=1S/C7H5Cl2FO3S/c1-13-6-3-5(10)7(2-4(6)8)14(9,11)12/h2-3H,1H3. The quantitative estimate of drug-likeness (QED) is 0.766. The van der Waals surface area contributed by atoms with Crippen LogP contribution in [0.4, 0.5) is 4.39 Å². The van der Waals surface area contributed by atoms with Gasteiger partial charge < -0.3 is 4.74 Å². The molecule has 0 aliphatic carbocycles. The predicted molar refractivity (Wildman–Crippen MR) is 51.0 cm³/mol. The first-order valence-corrected chi connectivity index (χ1v) is 6.02. The first-order valence-electron chi connectivity index (χ1n) is 3.34. The summed E-state index contributed by atoms with van der Waals surface area (Å²) in [5.41, 5.74) is 0. The third-order valence-electron chi connectivity index (χ3n) is 1.47. The Kier molecular flexibility index (Phi) is 3.24. The molecule has 0 aliphatic rings. The van der Waals surface area contributed by atoms with Crippen molar-refractivity contribution in [3.05, 3.63) is 23.0 Å². The van der Waals surface area contributed by atoms with Crippen LogP contribution in [0.15, 0.2) is 17.0 Å². The van der Waals surface area contributed by atoms with E-state index in [1.807, 2.05) is 0 Å². The number of benzene rings is 1. The van der Waals surface area contributed by atoms with E-state index in [1.165, 1.54) is 7.11 Å². The molecule has 0 fully saturated rings. The maximum atomic E-state index is 13.1. The van der Waals surface area contributed by atoms with Crippen LogP contribution in [0.1, 0.15) is 0 Å². The minimum absolute atomic E-state index is 0.0203. The van der Waals surface area contributed by atoms with Gasteiger partial charge in [0.1, 0.15) is 16.5 Å². The van der Waals surface area contributed by atoms with Gasteiger partial charge in [-0.2, -0.15) is 0 Å². The first kappa shape index (κ1) is 11.6. The highest BCUT2D eigenvalue weighted by molar-refractivity contribution is 8.13. The summed E-state index contributed by atoms with van der Waals surface area (Å²) in [4.78, 5) is -0.662. The summed E-state index contributed by atoms with van der Waals surface area (Å²) in [6.45, 7) is 0. The highest BCUT2D eigenvalue weighted by Gasteiger charge is 2.19. The van der Waals surface area contributed by atoms with E-state index >= 15 is 0 Å². The lowest BCUT2D eigenvalue weighted by molar-refractivity contribution is 0.410. The number of hydrogen-bond acceptors (Lipinski definition) is 3. The SMILES string of the molecule is COc1cc(F)c(S(=O)(=O)Cl)cc1Cl. The lowest BCUT2D eigenvalue weighted by Crippen LogP contribution is -1.97. The van der Waals surface area contributed by atoms with Crippen molar-refractivity contribution in [1.29, 1.82) is 0 Å². The van der Waals surface area contributed by atoms with E-state index < -0.39 is 19.8 Å². The van der Waals surface area contributed by atoms with Crippen molar-refractivity contribution in [2.75, 3.05) is 7.11 Å². The zero-order valence-corrected chi connectivity index (χ0v) is 9.25. The average Bonchev–Trinajstić information content (AvgIpc) is 2.06. The maximum absolute atomic E-state index is 13.1. The van der Waals surface area contributed by atoms with Gasteiger partial charge in [0.25, 0.3) is 9.05 Å². The van der Waals surface area contributed by atoms with Gasteiger partial charge in [-0.15, -0.1) is 0 Å². The molecule has 0 spiro atoms. The Balaban J connectivity index is 3.44. The summed E-state index contributed by atoms with van der Waals surface area (Å²) in [6.07, 6.45) is 0. The van der Waals surface area contributed by atoms with Crippen LogP contribution in [-0.4, -0.2) is 15.5 Å². The van der Waals surface area contributed by atoms with Crippen molar-refractivity contribution in [2.45, 2.75) is 4.90 Å². The zero-order valence-electron chi connectivity index (χ0n) is 6.92. The topological polar surface area (TPSA) is 43.4 Å². The van der Waals surface area contributed by atoms with Crippen LogP contribution in [0.25, 0.3) is 0 Å². The van der Waals surface area contributed by atoms with E-state index in [0.717, 1.165) is 12.1 Å². The predicted octanol–water partition coefficient (Wildman–Crippen LogP) is 2.42. The molecule has 0 amide bonds. The van der Waals surface area contributed by atoms with Gasteiger partial charge in [-0.1, -0.05) is 11.6 Å². The summed E-state index contributed by atoms with van der Waals surface area (Å²) < 4.78 is 39.5. The molecular weight excluding hydrogens is 254 g/mol. The summed E-state index contributed by atoms with van der Waals surface area (Å²) in [6, 6.07) is 1.76. The minimum atomic E-state index is -4.12. The molecule has 0 N–H and O–H groups in total. The molecule has 0 radical (unpaired) electrons. The molecule has 0 bridgehead atoms. The Labute approximate surface area is 89.8 Å². The molecule has 1 aromatic rings. The number of rotatable bonds is 2. The Morgan fingerprint density at radius 3 is 2.43 bits per heavy atom. The van der Waals surface area contributed by atoms with Crippen LogP contribution in [0.5, 0.6) is 5.75 Å². The summed E-state index contributed by atoms with van der Waals surface area (Å²) in [5, 5.41) is -0.0203. The van der Waals surface area contributed by atoms with Crippen molar-refractivity contribution < 1.29 is 17.5 Å². The Morgan fingerprint density at radius 1 is 1.43 bits per heavy atom. The average molecular weight is 259 g/mol. The number of halogens is 3. The van der Waals surface area contributed by atoms with Crippen molar-refractivity contribution in [3.63, 3.8) is 0 Å². The van der Waals surface area contributed by atoms with Crippen LogP contribution in [0.2, 0.25) is 5.02 Å². The zero-order chi connectivity index (χ0) is 10.9. The second-order valence-electron chi connectivity index (χ2n) is 2.36. The van der Waals surface area contributed by atoms with Crippen LogP contribution in [-0.2, 0) is 9.05 Å². The molecule has 0 saturated carbocycles. The molecule has 0 aromatic heterocycles. The van der Waals surface area contributed by atoms with Crippen LogP contribution >= 0.6 is 22.3 Å². The van der Waals surface area contributed by atoms with E-state index in [9.17, 15) is 12.8 Å². The van der Waals surface area contributed by atoms with Crippen molar-refractivity contribution in [3.8, 4) is 5.75 Å². The van der Waals surface area contributed by atoms with Gasteiger partial charge >= 0.3 is 0 Å². The van der Waals surface area contributed by atoms with E-state index in [2.05, 4.69) is 4.74 Å². The molecule has 7 heteroatoms.